The number of nitrogens with zero attached hydrogens (tertiary/aromatic N) is 1. The Morgan fingerprint density at radius 3 is 2.60 bits per heavy atom. The Morgan fingerprint density at radius 1 is 1.50 bits per heavy atom. The van der Waals surface area contributed by atoms with Gasteiger partial charge in [0.25, 0.3) is 0 Å². The van der Waals surface area contributed by atoms with E-state index >= 15 is 0 Å². The fourth-order valence-electron chi connectivity index (χ4n) is 1.45. The summed E-state index contributed by atoms with van der Waals surface area (Å²) >= 11 is 3.32. The maximum absolute atomic E-state index is 12.2. The number of hydrogen-bond donors (Lipinski definition) is 2. The summed E-state index contributed by atoms with van der Waals surface area (Å²) in [4.78, 5) is 15.3. The number of pyridine rings is 1. The Balaban J connectivity index is 2.87. The zero-order valence-corrected chi connectivity index (χ0v) is 14.3. The molecular formula is C13H20BrN3O2S. The molecular weight excluding hydrogens is 342 g/mol. The molecule has 20 heavy (non-hydrogen) atoms. The van der Waals surface area contributed by atoms with Crippen molar-refractivity contribution in [2.75, 3.05) is 0 Å². The predicted octanol–water partition coefficient (Wildman–Crippen LogP) is 2.20. The first-order chi connectivity index (χ1) is 9.20. The van der Waals surface area contributed by atoms with Gasteiger partial charge in [0, 0.05) is 17.1 Å². The summed E-state index contributed by atoms with van der Waals surface area (Å²) in [7, 11) is -1.24. The van der Waals surface area contributed by atoms with E-state index < -0.39 is 11.0 Å². The van der Waals surface area contributed by atoms with Crippen LogP contribution in [0.25, 0.3) is 0 Å². The molecule has 7 heteroatoms. The number of hydrogen-bond acceptors (Lipinski definition) is 3. The van der Waals surface area contributed by atoms with Crippen LogP contribution in [0.2, 0.25) is 0 Å². The molecule has 1 aromatic rings. The molecule has 1 amide bonds. The Bertz CT molecular complexity index is 485. The zero-order chi connectivity index (χ0) is 15.3. The first kappa shape index (κ1) is 17.3. The first-order valence-electron chi connectivity index (χ1n) is 6.28. The van der Waals surface area contributed by atoms with Gasteiger partial charge in [0.05, 0.1) is 27.5 Å². The topological polar surface area (TPSA) is 85.1 Å². The monoisotopic (exact) mass is 361 g/mol. The molecule has 0 aliphatic rings. The Labute approximate surface area is 130 Å². The number of nitrogens with one attached hydrogen (secondary N) is 1. The summed E-state index contributed by atoms with van der Waals surface area (Å²) in [5.41, 5.74) is 5.93. The minimum Gasteiger partial charge on any atom is -0.370 e. The van der Waals surface area contributed by atoms with Crippen molar-refractivity contribution >= 4 is 32.8 Å². The van der Waals surface area contributed by atoms with E-state index in [2.05, 4.69) is 25.6 Å². The van der Waals surface area contributed by atoms with Crippen LogP contribution in [0.4, 0.5) is 0 Å². The zero-order valence-electron chi connectivity index (χ0n) is 11.9. The van der Waals surface area contributed by atoms with Gasteiger partial charge in [-0.1, -0.05) is 0 Å². The SMILES string of the molecule is CC(C)(C)S(=O)N[C@@H](CCC(N)=O)c1ccc(Br)cn1. The Kier molecular flexibility index (Phi) is 6.29. The molecule has 5 nitrogen and oxygen atoms in total. The highest BCUT2D eigenvalue weighted by Gasteiger charge is 2.24. The second-order valence-corrected chi connectivity index (χ2v) is 8.37. The minimum absolute atomic E-state index is 0.219. The van der Waals surface area contributed by atoms with Gasteiger partial charge in [0.1, 0.15) is 0 Å². The van der Waals surface area contributed by atoms with Gasteiger partial charge in [-0.3, -0.25) is 9.78 Å². The highest BCUT2D eigenvalue weighted by atomic mass is 79.9. The molecule has 0 aliphatic carbocycles. The lowest BCUT2D eigenvalue weighted by Crippen LogP contribution is -2.36. The number of aromatic nitrogens is 1. The van der Waals surface area contributed by atoms with Gasteiger partial charge < -0.3 is 5.73 Å². The smallest absolute Gasteiger partial charge is 0.217 e. The fourth-order valence-corrected chi connectivity index (χ4v) is 2.54. The standard InChI is InChI=1S/C13H20BrN3O2S/c1-13(2,3)20(19)17-11(6-7-12(15)18)10-5-4-9(14)8-16-10/h4-5,8,11,17H,6-7H2,1-3H3,(H2,15,18)/t11-,20?/m0/s1. The van der Waals surface area contributed by atoms with Gasteiger partial charge in [-0.05, 0) is 55.3 Å². The number of carbonyl (C=O) groups excluding carboxylic acids is 1. The van der Waals surface area contributed by atoms with Crippen molar-refractivity contribution in [1.29, 1.82) is 0 Å². The third-order valence-electron chi connectivity index (χ3n) is 2.59. The average Bonchev–Trinajstić information content (AvgIpc) is 2.34. The van der Waals surface area contributed by atoms with Crippen molar-refractivity contribution in [3.63, 3.8) is 0 Å². The molecule has 1 rings (SSSR count). The largest absolute Gasteiger partial charge is 0.370 e. The molecule has 1 heterocycles. The summed E-state index contributed by atoms with van der Waals surface area (Å²) in [6, 6.07) is 3.43. The van der Waals surface area contributed by atoms with Crippen LogP contribution in [0.5, 0.6) is 0 Å². The molecule has 0 bridgehead atoms. The second kappa shape index (κ2) is 7.28. The molecule has 0 saturated carbocycles. The van der Waals surface area contributed by atoms with Crippen LogP contribution in [-0.4, -0.2) is 19.8 Å². The summed E-state index contributed by atoms with van der Waals surface area (Å²) in [5.74, 6) is -0.379. The van der Waals surface area contributed by atoms with E-state index in [1.54, 1.807) is 6.20 Å². The lowest BCUT2D eigenvalue weighted by atomic mass is 10.1. The molecule has 0 radical (unpaired) electrons. The number of carbonyl (C=O) groups is 1. The maximum Gasteiger partial charge on any atom is 0.217 e. The third-order valence-corrected chi connectivity index (χ3v) is 4.67. The second-order valence-electron chi connectivity index (χ2n) is 5.46. The summed E-state index contributed by atoms with van der Waals surface area (Å²) in [6.45, 7) is 5.66. The van der Waals surface area contributed by atoms with Gasteiger partial charge >= 0.3 is 0 Å². The number of nitrogens with two attached hydrogens (primary N) is 1. The molecule has 2 atom stereocenters. The molecule has 0 aliphatic heterocycles. The van der Waals surface area contributed by atoms with E-state index in [0.717, 1.165) is 10.2 Å². The molecule has 1 aromatic heterocycles. The highest BCUT2D eigenvalue weighted by molar-refractivity contribution is 9.10. The van der Waals surface area contributed by atoms with Crippen LogP contribution in [0.3, 0.4) is 0 Å². The molecule has 3 N–H and O–H groups in total. The lowest BCUT2D eigenvalue weighted by Gasteiger charge is -2.23. The minimum atomic E-state index is -1.24. The molecule has 0 fully saturated rings. The average molecular weight is 362 g/mol. The van der Waals surface area contributed by atoms with Crippen molar-refractivity contribution in [1.82, 2.24) is 9.71 Å². The number of amides is 1. The van der Waals surface area contributed by atoms with Crippen LogP contribution in [0.1, 0.15) is 45.3 Å². The third kappa shape index (κ3) is 5.68. The van der Waals surface area contributed by atoms with E-state index in [-0.39, 0.29) is 23.1 Å². The first-order valence-corrected chi connectivity index (χ1v) is 8.22. The molecule has 112 valence electrons. The molecule has 0 saturated heterocycles. The number of primary amides is 1. The van der Waals surface area contributed by atoms with E-state index in [9.17, 15) is 9.00 Å². The van der Waals surface area contributed by atoms with E-state index in [1.165, 1.54) is 0 Å². The van der Waals surface area contributed by atoms with E-state index in [0.29, 0.717) is 6.42 Å². The lowest BCUT2D eigenvalue weighted by molar-refractivity contribution is -0.118. The molecule has 1 unspecified atom stereocenters. The van der Waals surface area contributed by atoms with E-state index in [4.69, 9.17) is 5.73 Å². The Hall–Kier alpha value is -0.790. The fraction of sp³-hybridized carbons (Fsp3) is 0.538. The van der Waals surface area contributed by atoms with Gasteiger partial charge in [-0.2, -0.15) is 0 Å². The van der Waals surface area contributed by atoms with Crippen molar-refractivity contribution in [3.05, 3.63) is 28.5 Å². The van der Waals surface area contributed by atoms with Gasteiger partial charge in [0.2, 0.25) is 5.91 Å². The summed E-state index contributed by atoms with van der Waals surface area (Å²) in [6.07, 6.45) is 2.36. The van der Waals surface area contributed by atoms with Crippen molar-refractivity contribution in [3.8, 4) is 0 Å². The predicted molar refractivity (Wildman–Crippen MR) is 84.1 cm³/mol. The summed E-state index contributed by atoms with van der Waals surface area (Å²) < 4.78 is 15.7. The van der Waals surface area contributed by atoms with Crippen LogP contribution in [0, 0.1) is 0 Å². The van der Waals surface area contributed by atoms with Crippen LogP contribution < -0.4 is 10.5 Å². The van der Waals surface area contributed by atoms with Crippen molar-refractivity contribution in [2.24, 2.45) is 5.73 Å². The molecule has 0 aromatic carbocycles. The van der Waals surface area contributed by atoms with Gasteiger partial charge in [0.15, 0.2) is 0 Å². The maximum atomic E-state index is 12.2. The van der Waals surface area contributed by atoms with Crippen LogP contribution in [0.15, 0.2) is 22.8 Å². The van der Waals surface area contributed by atoms with E-state index in [1.807, 2.05) is 32.9 Å². The summed E-state index contributed by atoms with van der Waals surface area (Å²) in [5, 5.41) is 0. The Morgan fingerprint density at radius 2 is 2.15 bits per heavy atom. The molecule has 0 spiro atoms. The van der Waals surface area contributed by atoms with Crippen molar-refractivity contribution in [2.45, 2.75) is 44.4 Å². The number of rotatable bonds is 6. The van der Waals surface area contributed by atoms with Crippen LogP contribution in [-0.2, 0) is 15.8 Å². The normalized spacial score (nSPS) is 14.8. The quantitative estimate of drug-likeness (QED) is 0.814. The number of halogens is 1. The van der Waals surface area contributed by atoms with Crippen molar-refractivity contribution < 1.29 is 9.00 Å². The van der Waals surface area contributed by atoms with Gasteiger partial charge in [-0.25, -0.2) is 8.93 Å². The highest BCUT2D eigenvalue weighted by Crippen LogP contribution is 2.21. The van der Waals surface area contributed by atoms with Gasteiger partial charge in [-0.15, -0.1) is 0 Å². The van der Waals surface area contributed by atoms with Crippen LogP contribution >= 0.6 is 15.9 Å².